The van der Waals surface area contributed by atoms with Crippen molar-refractivity contribution in [1.29, 1.82) is 5.39 Å². The third-order valence-electron chi connectivity index (χ3n) is 0.854. The van der Waals surface area contributed by atoms with Crippen molar-refractivity contribution in [2.75, 3.05) is 0 Å². The first-order valence-corrected chi connectivity index (χ1v) is 2.18. The van der Waals surface area contributed by atoms with Crippen molar-refractivity contribution in [2.24, 2.45) is 15.2 Å². The fraction of sp³-hybridized carbons (Fsp3) is 0.500. The van der Waals surface area contributed by atoms with E-state index < -0.39 is 10.8 Å². The molecule has 0 amide bonds. The summed E-state index contributed by atoms with van der Waals surface area (Å²) < 4.78 is 0. The Morgan fingerprint density at radius 3 is 2.70 bits per heavy atom. The standard InChI is InChI=1S/C2HN6O2/c3-6-2(8(9)10)4-1-5-7-2/h1H/q+1. The normalized spacial score (nSPS) is 28.3. The minimum absolute atomic E-state index is 0.850. The highest BCUT2D eigenvalue weighted by molar-refractivity contribution is 5.56. The second-order valence-corrected chi connectivity index (χ2v) is 1.42. The van der Waals surface area contributed by atoms with Crippen LogP contribution >= 0.6 is 0 Å². The van der Waals surface area contributed by atoms with E-state index in [-0.39, 0.29) is 0 Å². The molecule has 1 aliphatic heterocycles. The molecule has 10 heavy (non-hydrogen) atoms. The first kappa shape index (κ1) is 6.21. The minimum Gasteiger partial charge on any atom is -0.254 e. The second-order valence-electron chi connectivity index (χ2n) is 1.42. The molecule has 0 saturated carbocycles. The van der Waals surface area contributed by atoms with Crippen LogP contribution in [0.2, 0.25) is 0 Å². The molecule has 0 radical (unpaired) electrons. The van der Waals surface area contributed by atoms with E-state index in [9.17, 15) is 10.1 Å². The van der Waals surface area contributed by atoms with E-state index in [0.29, 0.717) is 0 Å². The van der Waals surface area contributed by atoms with Crippen LogP contribution in [0.3, 0.4) is 0 Å². The van der Waals surface area contributed by atoms with Crippen molar-refractivity contribution in [3.63, 3.8) is 0 Å². The van der Waals surface area contributed by atoms with Gasteiger partial charge in [0, 0.05) is 5.11 Å². The van der Waals surface area contributed by atoms with E-state index in [1.165, 1.54) is 0 Å². The number of azo groups is 1. The van der Waals surface area contributed by atoms with E-state index >= 15 is 0 Å². The molecule has 8 nitrogen and oxygen atoms in total. The lowest BCUT2D eigenvalue weighted by Gasteiger charge is -1.86. The summed E-state index contributed by atoms with van der Waals surface area (Å²) in [7, 11) is 0. The summed E-state index contributed by atoms with van der Waals surface area (Å²) in [4.78, 5) is 14.6. The Morgan fingerprint density at radius 1 is 1.80 bits per heavy atom. The van der Waals surface area contributed by atoms with Crippen molar-refractivity contribution >= 4 is 6.34 Å². The first-order chi connectivity index (χ1) is 4.71. The topological polar surface area (TPSA) is 108 Å². The highest BCUT2D eigenvalue weighted by Crippen LogP contribution is 2.19. The predicted molar refractivity (Wildman–Crippen MR) is 28.2 cm³/mol. The summed E-state index contributed by atoms with van der Waals surface area (Å²) in [6.45, 7) is 0. The van der Waals surface area contributed by atoms with Crippen LogP contribution in [0.1, 0.15) is 0 Å². The Labute approximate surface area is 54.1 Å². The van der Waals surface area contributed by atoms with Gasteiger partial charge in [0.2, 0.25) is 5.39 Å². The fourth-order valence-electron chi connectivity index (χ4n) is 0.398. The summed E-state index contributed by atoms with van der Waals surface area (Å²) >= 11 is 0. The zero-order valence-electron chi connectivity index (χ0n) is 4.58. The minimum atomic E-state index is -2.33. The van der Waals surface area contributed by atoms with Gasteiger partial charge < -0.3 is 0 Å². The lowest BCUT2D eigenvalue weighted by atomic mass is 10.7. The van der Waals surface area contributed by atoms with Crippen LogP contribution in [0.4, 0.5) is 0 Å². The SMILES string of the molecule is N#[N+]C1([N+](=O)[O-])N=CN=N1. The molecule has 0 aliphatic carbocycles. The lowest BCUT2D eigenvalue weighted by Crippen LogP contribution is -2.27. The molecule has 0 spiro atoms. The molecule has 1 unspecified atom stereocenters. The maximum absolute atomic E-state index is 10.0. The van der Waals surface area contributed by atoms with E-state index in [4.69, 9.17) is 5.39 Å². The maximum Gasteiger partial charge on any atom is 0.786 e. The van der Waals surface area contributed by atoms with Gasteiger partial charge in [-0.2, -0.15) is 0 Å². The van der Waals surface area contributed by atoms with Gasteiger partial charge in [0.25, 0.3) is 4.98 Å². The Hall–Kier alpha value is -1.91. The monoisotopic (exact) mass is 141 g/mol. The number of hydrogen-bond donors (Lipinski definition) is 0. The number of nitro groups is 1. The van der Waals surface area contributed by atoms with Gasteiger partial charge in [-0.1, -0.05) is 4.99 Å². The predicted octanol–water partition coefficient (Wildman–Crippen LogP) is 0.222. The molecule has 1 aliphatic rings. The quantitative estimate of drug-likeness (QED) is 0.296. The summed E-state index contributed by atoms with van der Waals surface area (Å²) in [5, 5.41) is 24.2. The summed E-state index contributed by atoms with van der Waals surface area (Å²) in [5.41, 5.74) is 0. The number of nitrogens with zero attached hydrogens (tertiary/aromatic N) is 6. The van der Waals surface area contributed by atoms with Crippen molar-refractivity contribution in [1.82, 2.24) is 0 Å². The average Bonchev–Trinajstić information content (AvgIpc) is 2.35. The van der Waals surface area contributed by atoms with Crippen molar-refractivity contribution < 1.29 is 4.92 Å². The van der Waals surface area contributed by atoms with Crippen LogP contribution in [0.5, 0.6) is 0 Å². The van der Waals surface area contributed by atoms with Gasteiger partial charge in [0.15, 0.2) is 11.3 Å². The van der Waals surface area contributed by atoms with Crippen molar-refractivity contribution in [2.45, 2.75) is 5.91 Å². The summed E-state index contributed by atoms with van der Waals surface area (Å²) in [6, 6.07) is 0. The third kappa shape index (κ3) is 0.609. The largest absolute Gasteiger partial charge is 0.786 e. The Kier molecular flexibility index (Phi) is 1.12. The zero-order valence-corrected chi connectivity index (χ0v) is 4.58. The Bertz CT molecular complexity index is 247. The van der Waals surface area contributed by atoms with Gasteiger partial charge in [-0.05, 0) is 0 Å². The molecule has 50 valence electrons. The van der Waals surface area contributed by atoms with Gasteiger partial charge in [-0.3, -0.25) is 10.1 Å². The van der Waals surface area contributed by atoms with Crippen LogP contribution < -0.4 is 0 Å². The molecule has 0 aromatic heterocycles. The molecule has 1 heterocycles. The fourth-order valence-corrected chi connectivity index (χ4v) is 0.398. The highest BCUT2D eigenvalue weighted by atomic mass is 16.6. The van der Waals surface area contributed by atoms with Gasteiger partial charge in [-0.15, -0.1) is 5.11 Å². The number of hydrogen-bond acceptors (Lipinski definition) is 6. The van der Waals surface area contributed by atoms with E-state index in [1.54, 1.807) is 0 Å². The molecule has 0 aromatic rings. The Morgan fingerprint density at radius 2 is 2.50 bits per heavy atom. The van der Waals surface area contributed by atoms with Gasteiger partial charge in [-0.25, -0.2) is 0 Å². The molecule has 0 bridgehead atoms. The first-order valence-electron chi connectivity index (χ1n) is 2.18. The molecule has 8 heteroatoms. The molecular weight excluding hydrogens is 140 g/mol. The van der Waals surface area contributed by atoms with Crippen molar-refractivity contribution in [3.8, 4) is 0 Å². The molecule has 1 atom stereocenters. The molecule has 1 rings (SSSR count). The van der Waals surface area contributed by atoms with E-state index in [1.807, 2.05) is 0 Å². The molecule has 0 saturated heterocycles. The lowest BCUT2D eigenvalue weighted by molar-refractivity contribution is -0.552. The van der Waals surface area contributed by atoms with E-state index in [0.717, 1.165) is 6.34 Å². The number of aliphatic imine (C=N–C) groups is 1. The maximum atomic E-state index is 10.0. The third-order valence-corrected chi connectivity index (χ3v) is 0.854. The van der Waals surface area contributed by atoms with Gasteiger partial charge in [0.05, 0.1) is 0 Å². The van der Waals surface area contributed by atoms with Crippen LogP contribution in [0.25, 0.3) is 4.98 Å². The molecule has 0 aromatic carbocycles. The highest BCUT2D eigenvalue weighted by Gasteiger charge is 2.62. The number of diazo groups is 1. The van der Waals surface area contributed by atoms with Crippen LogP contribution in [-0.2, 0) is 0 Å². The van der Waals surface area contributed by atoms with Crippen LogP contribution in [0, 0.1) is 15.5 Å². The number of rotatable bonds is 1. The van der Waals surface area contributed by atoms with Crippen LogP contribution in [0.15, 0.2) is 15.2 Å². The Balaban J connectivity index is 3.05. The average molecular weight is 141 g/mol. The molecule has 0 fully saturated rings. The smallest absolute Gasteiger partial charge is 0.254 e. The van der Waals surface area contributed by atoms with Gasteiger partial charge >= 0.3 is 5.91 Å². The van der Waals surface area contributed by atoms with Gasteiger partial charge in [0.1, 0.15) is 0 Å². The molecule has 0 N–H and O–H groups in total. The van der Waals surface area contributed by atoms with E-state index in [2.05, 4.69) is 20.2 Å². The summed E-state index contributed by atoms with van der Waals surface area (Å²) in [5.74, 6) is -2.33. The summed E-state index contributed by atoms with van der Waals surface area (Å²) in [6.07, 6.45) is 0.850. The zero-order chi connectivity index (χ0) is 7.61. The van der Waals surface area contributed by atoms with Crippen LogP contribution in [-0.4, -0.2) is 17.2 Å². The molecular formula is C2HN6O2+. The van der Waals surface area contributed by atoms with Crippen molar-refractivity contribution in [3.05, 3.63) is 15.1 Å². The second kappa shape index (κ2) is 1.80.